The first-order chi connectivity index (χ1) is 5.90. The van der Waals surface area contributed by atoms with Gasteiger partial charge in [-0.1, -0.05) is 0 Å². The lowest BCUT2D eigenvalue weighted by Gasteiger charge is -1.86. The molecule has 0 bridgehead atoms. The van der Waals surface area contributed by atoms with Crippen LogP contribution in [-0.2, 0) is 6.54 Å². The summed E-state index contributed by atoms with van der Waals surface area (Å²) < 4.78 is 4.25. The summed E-state index contributed by atoms with van der Waals surface area (Å²) in [6.07, 6.45) is 0. The maximum absolute atomic E-state index is 5.51. The molecule has 0 aromatic carbocycles. The van der Waals surface area contributed by atoms with Crippen LogP contribution < -0.4 is 5.73 Å². The molecule has 2 nitrogen and oxygen atoms in total. The Hall–Kier alpha value is -0.710. The van der Waals surface area contributed by atoms with Gasteiger partial charge in [0.15, 0.2) is 0 Å². The first-order valence-corrected chi connectivity index (χ1v) is 5.25. The lowest BCUT2D eigenvalue weighted by atomic mass is 10.3. The van der Waals surface area contributed by atoms with Crippen LogP contribution in [0.2, 0.25) is 0 Å². The van der Waals surface area contributed by atoms with Crippen LogP contribution in [0.25, 0.3) is 10.6 Å². The van der Waals surface area contributed by atoms with E-state index in [1.165, 1.54) is 21.3 Å². The first-order valence-electron chi connectivity index (χ1n) is 3.59. The van der Waals surface area contributed by atoms with Crippen molar-refractivity contribution in [3.63, 3.8) is 0 Å². The highest BCUT2D eigenvalue weighted by atomic mass is 32.1. The number of nitrogens with zero attached hydrogens (tertiary/aromatic N) is 1. The molecule has 0 radical (unpaired) electrons. The van der Waals surface area contributed by atoms with Gasteiger partial charge in [-0.3, -0.25) is 0 Å². The minimum absolute atomic E-state index is 0.620. The molecular weight excluding hydrogens is 188 g/mol. The zero-order chi connectivity index (χ0) is 8.39. The largest absolute Gasteiger partial charge is 0.326 e. The Balaban J connectivity index is 2.35. The Morgan fingerprint density at radius 2 is 2.25 bits per heavy atom. The molecule has 0 aliphatic carbocycles. The van der Waals surface area contributed by atoms with Gasteiger partial charge in [-0.15, -0.1) is 11.3 Å². The molecule has 0 aliphatic heterocycles. The van der Waals surface area contributed by atoms with Crippen LogP contribution in [0.3, 0.4) is 0 Å². The van der Waals surface area contributed by atoms with E-state index >= 15 is 0 Å². The third-order valence-electron chi connectivity index (χ3n) is 1.55. The molecule has 0 spiro atoms. The monoisotopic (exact) mass is 196 g/mol. The molecule has 0 aliphatic rings. The Bertz CT molecular complexity index is 351. The number of nitrogens with two attached hydrogens (primary N) is 1. The molecule has 62 valence electrons. The first kappa shape index (κ1) is 7.91. The van der Waals surface area contributed by atoms with E-state index in [1.807, 2.05) is 11.4 Å². The van der Waals surface area contributed by atoms with E-state index in [0.29, 0.717) is 6.54 Å². The van der Waals surface area contributed by atoms with Gasteiger partial charge in [0.2, 0.25) is 0 Å². The number of rotatable bonds is 2. The SMILES string of the molecule is NCc1ccc(-c2ccsn2)s1. The number of hydrogen-bond acceptors (Lipinski definition) is 4. The molecule has 2 aromatic heterocycles. The third kappa shape index (κ3) is 1.41. The van der Waals surface area contributed by atoms with Crippen LogP contribution in [0.4, 0.5) is 0 Å². The Kier molecular flexibility index (Phi) is 2.21. The molecule has 0 saturated carbocycles. The van der Waals surface area contributed by atoms with Crippen molar-refractivity contribution in [2.75, 3.05) is 0 Å². The van der Waals surface area contributed by atoms with Crippen LogP contribution in [0.1, 0.15) is 4.88 Å². The summed E-state index contributed by atoms with van der Waals surface area (Å²) in [5.74, 6) is 0. The fourth-order valence-corrected chi connectivity index (χ4v) is 2.40. The Morgan fingerprint density at radius 3 is 2.83 bits per heavy atom. The molecule has 2 heterocycles. The third-order valence-corrected chi connectivity index (χ3v) is 3.24. The predicted octanol–water partition coefficient (Wildman–Crippen LogP) is 2.33. The molecule has 0 fully saturated rings. The van der Waals surface area contributed by atoms with E-state index in [9.17, 15) is 0 Å². The maximum Gasteiger partial charge on any atom is 0.0940 e. The van der Waals surface area contributed by atoms with Crippen LogP contribution in [0.15, 0.2) is 23.6 Å². The van der Waals surface area contributed by atoms with E-state index in [0.717, 1.165) is 5.69 Å². The number of thiophene rings is 1. The summed E-state index contributed by atoms with van der Waals surface area (Å²) in [6.45, 7) is 0.620. The van der Waals surface area contributed by atoms with Crippen molar-refractivity contribution in [1.82, 2.24) is 4.37 Å². The molecule has 0 atom stereocenters. The minimum atomic E-state index is 0.620. The number of hydrogen-bond donors (Lipinski definition) is 1. The zero-order valence-corrected chi connectivity index (χ0v) is 7.99. The van der Waals surface area contributed by atoms with E-state index in [2.05, 4.69) is 16.5 Å². The highest BCUT2D eigenvalue weighted by Gasteiger charge is 2.02. The molecule has 2 rings (SSSR count). The van der Waals surface area contributed by atoms with Crippen LogP contribution in [0.5, 0.6) is 0 Å². The van der Waals surface area contributed by atoms with Crippen molar-refractivity contribution in [2.24, 2.45) is 5.73 Å². The van der Waals surface area contributed by atoms with Gasteiger partial charge in [0, 0.05) is 16.8 Å². The van der Waals surface area contributed by atoms with Gasteiger partial charge in [0.05, 0.1) is 10.6 Å². The molecule has 0 saturated heterocycles. The summed E-state index contributed by atoms with van der Waals surface area (Å²) in [5, 5.41) is 1.98. The smallest absolute Gasteiger partial charge is 0.0940 e. The van der Waals surface area contributed by atoms with Crippen molar-refractivity contribution in [3.05, 3.63) is 28.5 Å². The molecule has 2 N–H and O–H groups in total. The van der Waals surface area contributed by atoms with Gasteiger partial charge in [-0.2, -0.15) is 4.37 Å². The number of aromatic nitrogens is 1. The summed E-state index contributed by atoms with van der Waals surface area (Å²) in [7, 11) is 0. The van der Waals surface area contributed by atoms with Gasteiger partial charge in [-0.05, 0) is 29.7 Å². The van der Waals surface area contributed by atoms with Crippen molar-refractivity contribution in [3.8, 4) is 10.6 Å². The summed E-state index contributed by atoms with van der Waals surface area (Å²) in [5.41, 5.74) is 6.57. The van der Waals surface area contributed by atoms with Gasteiger partial charge >= 0.3 is 0 Å². The van der Waals surface area contributed by atoms with E-state index in [4.69, 9.17) is 5.73 Å². The van der Waals surface area contributed by atoms with Crippen molar-refractivity contribution < 1.29 is 0 Å². The van der Waals surface area contributed by atoms with Gasteiger partial charge in [0.1, 0.15) is 0 Å². The second-order valence-corrected chi connectivity index (χ2v) is 4.19. The van der Waals surface area contributed by atoms with Crippen molar-refractivity contribution in [2.45, 2.75) is 6.54 Å². The van der Waals surface area contributed by atoms with Gasteiger partial charge in [0.25, 0.3) is 0 Å². The van der Waals surface area contributed by atoms with Crippen molar-refractivity contribution in [1.29, 1.82) is 0 Å². The lowest BCUT2D eigenvalue weighted by Crippen LogP contribution is -1.90. The summed E-state index contributed by atoms with van der Waals surface area (Å²) in [4.78, 5) is 2.41. The predicted molar refractivity (Wildman–Crippen MR) is 53.3 cm³/mol. The molecule has 2 aromatic rings. The molecule has 0 amide bonds. The standard InChI is InChI=1S/C8H8N2S2/c9-5-6-1-2-8(12-6)7-3-4-11-10-7/h1-4H,5,9H2. The molecular formula is C8H8N2S2. The summed E-state index contributed by atoms with van der Waals surface area (Å²) >= 11 is 3.19. The Labute approximate surface area is 78.8 Å². The van der Waals surface area contributed by atoms with Gasteiger partial charge in [-0.25, -0.2) is 0 Å². The average Bonchev–Trinajstić information content (AvgIpc) is 2.75. The van der Waals surface area contributed by atoms with E-state index in [-0.39, 0.29) is 0 Å². The van der Waals surface area contributed by atoms with Crippen LogP contribution in [-0.4, -0.2) is 4.37 Å². The van der Waals surface area contributed by atoms with Crippen molar-refractivity contribution >= 4 is 22.9 Å². The normalized spacial score (nSPS) is 10.4. The fraction of sp³-hybridized carbons (Fsp3) is 0.125. The van der Waals surface area contributed by atoms with E-state index < -0.39 is 0 Å². The summed E-state index contributed by atoms with van der Waals surface area (Å²) in [6, 6.07) is 6.15. The molecule has 12 heavy (non-hydrogen) atoms. The topological polar surface area (TPSA) is 38.9 Å². The average molecular weight is 196 g/mol. The lowest BCUT2D eigenvalue weighted by molar-refractivity contribution is 1.11. The molecule has 4 heteroatoms. The molecule has 0 unspecified atom stereocenters. The van der Waals surface area contributed by atoms with Crippen LogP contribution >= 0.6 is 22.9 Å². The minimum Gasteiger partial charge on any atom is -0.326 e. The van der Waals surface area contributed by atoms with E-state index in [1.54, 1.807) is 11.3 Å². The highest BCUT2D eigenvalue weighted by molar-refractivity contribution is 7.15. The maximum atomic E-state index is 5.51. The highest BCUT2D eigenvalue weighted by Crippen LogP contribution is 2.26. The second-order valence-electron chi connectivity index (χ2n) is 2.35. The quantitative estimate of drug-likeness (QED) is 0.800. The zero-order valence-electron chi connectivity index (χ0n) is 6.36. The van der Waals surface area contributed by atoms with Crippen LogP contribution in [0, 0.1) is 0 Å². The second kappa shape index (κ2) is 3.35. The van der Waals surface area contributed by atoms with Gasteiger partial charge < -0.3 is 5.73 Å². The Morgan fingerprint density at radius 1 is 1.33 bits per heavy atom. The fourth-order valence-electron chi connectivity index (χ4n) is 0.965.